The zero-order valence-electron chi connectivity index (χ0n) is 12.5. The molecule has 22 heavy (non-hydrogen) atoms. The molecule has 1 amide bonds. The molecule has 7 nitrogen and oxygen atoms in total. The van der Waals surface area contributed by atoms with Crippen molar-refractivity contribution in [3.05, 3.63) is 33.7 Å². The standard InChI is InChI=1S/C14H19N5O2S/c1-17(10-13(21)18-4-2-15-3-5-18)9-11-8-12(20)19-6-7-22-14(19)16-11/h6-8,15H,2-5,9-10H2,1H3. The van der Waals surface area contributed by atoms with Gasteiger partial charge < -0.3 is 10.2 Å². The third kappa shape index (κ3) is 3.34. The van der Waals surface area contributed by atoms with Crippen molar-refractivity contribution in [2.24, 2.45) is 0 Å². The Kier molecular flexibility index (Phi) is 4.51. The molecular formula is C14H19N5O2S. The Morgan fingerprint density at radius 1 is 1.45 bits per heavy atom. The number of rotatable bonds is 4. The number of carbonyl (C=O) groups is 1. The second-order valence-corrected chi connectivity index (χ2v) is 6.32. The Balaban J connectivity index is 1.63. The van der Waals surface area contributed by atoms with Crippen molar-refractivity contribution < 1.29 is 4.79 Å². The van der Waals surface area contributed by atoms with E-state index < -0.39 is 0 Å². The zero-order chi connectivity index (χ0) is 15.5. The van der Waals surface area contributed by atoms with Crippen LogP contribution in [0.1, 0.15) is 5.69 Å². The average Bonchev–Trinajstić information content (AvgIpc) is 2.97. The molecule has 0 atom stereocenters. The number of likely N-dealkylation sites (N-methyl/N-ethyl adjacent to an activating group) is 1. The largest absolute Gasteiger partial charge is 0.339 e. The van der Waals surface area contributed by atoms with Gasteiger partial charge in [0.15, 0.2) is 4.96 Å². The molecule has 0 aromatic carbocycles. The number of nitrogens with zero attached hydrogens (tertiary/aromatic N) is 4. The number of fused-ring (bicyclic) bond motifs is 1. The van der Waals surface area contributed by atoms with Crippen LogP contribution in [0.15, 0.2) is 22.4 Å². The average molecular weight is 321 g/mol. The highest BCUT2D eigenvalue weighted by Crippen LogP contribution is 2.08. The molecule has 1 saturated heterocycles. The maximum atomic E-state index is 12.2. The monoisotopic (exact) mass is 321 g/mol. The molecule has 118 valence electrons. The van der Waals surface area contributed by atoms with Crippen LogP contribution in [-0.2, 0) is 11.3 Å². The molecule has 2 aromatic rings. The summed E-state index contributed by atoms with van der Waals surface area (Å²) in [6, 6.07) is 1.53. The lowest BCUT2D eigenvalue weighted by molar-refractivity contribution is -0.132. The number of thiazole rings is 1. The number of piperazine rings is 1. The van der Waals surface area contributed by atoms with Gasteiger partial charge in [-0.15, -0.1) is 11.3 Å². The lowest BCUT2D eigenvalue weighted by Gasteiger charge is -2.29. The zero-order valence-corrected chi connectivity index (χ0v) is 13.3. The predicted octanol–water partition coefficient (Wildman–Crippen LogP) is -0.380. The molecule has 3 heterocycles. The van der Waals surface area contributed by atoms with E-state index >= 15 is 0 Å². The Morgan fingerprint density at radius 2 is 2.23 bits per heavy atom. The van der Waals surface area contributed by atoms with Crippen molar-refractivity contribution in [2.45, 2.75) is 6.54 Å². The number of nitrogens with one attached hydrogen (secondary N) is 1. The van der Waals surface area contributed by atoms with Gasteiger partial charge in [0.05, 0.1) is 12.2 Å². The van der Waals surface area contributed by atoms with Crippen LogP contribution >= 0.6 is 11.3 Å². The van der Waals surface area contributed by atoms with Gasteiger partial charge in [-0.2, -0.15) is 0 Å². The van der Waals surface area contributed by atoms with Crippen LogP contribution in [0, 0.1) is 0 Å². The van der Waals surface area contributed by atoms with Crippen molar-refractivity contribution >= 4 is 22.2 Å². The first-order valence-electron chi connectivity index (χ1n) is 7.26. The first kappa shape index (κ1) is 15.1. The van der Waals surface area contributed by atoms with E-state index in [1.165, 1.54) is 21.8 Å². The molecule has 1 fully saturated rings. The van der Waals surface area contributed by atoms with Crippen molar-refractivity contribution in [3.8, 4) is 0 Å². The minimum absolute atomic E-state index is 0.0805. The molecule has 0 bridgehead atoms. The molecule has 1 aliphatic rings. The topological polar surface area (TPSA) is 70.0 Å². The molecule has 8 heteroatoms. The summed E-state index contributed by atoms with van der Waals surface area (Å²) in [5, 5.41) is 5.07. The summed E-state index contributed by atoms with van der Waals surface area (Å²) in [4.78, 5) is 33.1. The van der Waals surface area contributed by atoms with Crippen LogP contribution in [-0.4, -0.2) is 64.9 Å². The smallest absolute Gasteiger partial charge is 0.258 e. The molecule has 0 spiro atoms. The van der Waals surface area contributed by atoms with E-state index in [4.69, 9.17) is 0 Å². The van der Waals surface area contributed by atoms with Gasteiger partial charge in [0, 0.05) is 50.4 Å². The van der Waals surface area contributed by atoms with Crippen LogP contribution in [0.4, 0.5) is 0 Å². The Morgan fingerprint density at radius 3 is 3.00 bits per heavy atom. The first-order chi connectivity index (χ1) is 10.6. The maximum absolute atomic E-state index is 12.2. The van der Waals surface area contributed by atoms with Crippen LogP contribution in [0.3, 0.4) is 0 Å². The van der Waals surface area contributed by atoms with E-state index in [2.05, 4.69) is 10.3 Å². The van der Waals surface area contributed by atoms with Gasteiger partial charge in [-0.25, -0.2) is 4.98 Å². The van der Waals surface area contributed by atoms with Crippen molar-refractivity contribution in [2.75, 3.05) is 39.8 Å². The highest BCUT2D eigenvalue weighted by molar-refractivity contribution is 7.15. The van der Waals surface area contributed by atoms with Gasteiger partial charge in [-0.05, 0) is 7.05 Å². The highest BCUT2D eigenvalue weighted by Gasteiger charge is 2.18. The molecule has 1 aliphatic heterocycles. The normalized spacial score (nSPS) is 15.6. The van der Waals surface area contributed by atoms with Crippen LogP contribution < -0.4 is 10.9 Å². The fourth-order valence-corrected chi connectivity index (χ4v) is 3.29. The van der Waals surface area contributed by atoms with E-state index in [9.17, 15) is 9.59 Å². The van der Waals surface area contributed by atoms with Crippen molar-refractivity contribution in [1.82, 2.24) is 24.5 Å². The quantitative estimate of drug-likeness (QED) is 0.831. The third-order valence-corrected chi connectivity index (χ3v) is 4.42. The fraction of sp³-hybridized carbons (Fsp3) is 0.500. The van der Waals surface area contributed by atoms with Crippen LogP contribution in [0.2, 0.25) is 0 Å². The molecule has 2 aromatic heterocycles. The predicted molar refractivity (Wildman–Crippen MR) is 85.1 cm³/mol. The summed E-state index contributed by atoms with van der Waals surface area (Å²) in [7, 11) is 1.87. The number of aromatic nitrogens is 2. The van der Waals surface area contributed by atoms with Crippen molar-refractivity contribution in [1.29, 1.82) is 0 Å². The molecule has 3 rings (SSSR count). The number of carbonyl (C=O) groups excluding carboxylic acids is 1. The fourth-order valence-electron chi connectivity index (χ4n) is 2.55. The van der Waals surface area contributed by atoms with Crippen LogP contribution in [0.25, 0.3) is 4.96 Å². The van der Waals surface area contributed by atoms with Gasteiger partial charge in [0.1, 0.15) is 0 Å². The van der Waals surface area contributed by atoms with E-state index in [1.807, 2.05) is 22.2 Å². The molecular weight excluding hydrogens is 302 g/mol. The second kappa shape index (κ2) is 6.55. The minimum Gasteiger partial charge on any atom is -0.339 e. The second-order valence-electron chi connectivity index (χ2n) is 5.44. The lowest BCUT2D eigenvalue weighted by atomic mass is 10.3. The lowest BCUT2D eigenvalue weighted by Crippen LogP contribution is -2.49. The Bertz CT molecular complexity index is 719. The number of hydrogen-bond donors (Lipinski definition) is 1. The third-order valence-electron chi connectivity index (χ3n) is 3.66. The van der Waals surface area contributed by atoms with E-state index in [1.54, 1.807) is 6.20 Å². The maximum Gasteiger partial charge on any atom is 0.258 e. The number of hydrogen-bond acceptors (Lipinski definition) is 6. The first-order valence-corrected chi connectivity index (χ1v) is 8.14. The molecule has 0 radical (unpaired) electrons. The Hall–Kier alpha value is -1.77. The number of amides is 1. The van der Waals surface area contributed by atoms with E-state index in [-0.39, 0.29) is 11.5 Å². The molecule has 1 N–H and O–H groups in total. The summed E-state index contributed by atoms with van der Waals surface area (Å²) in [5.41, 5.74) is 0.617. The van der Waals surface area contributed by atoms with Crippen LogP contribution in [0.5, 0.6) is 0 Å². The summed E-state index contributed by atoms with van der Waals surface area (Å²) in [6.07, 6.45) is 1.72. The van der Waals surface area contributed by atoms with E-state index in [0.717, 1.165) is 26.2 Å². The summed E-state index contributed by atoms with van der Waals surface area (Å²) >= 11 is 1.43. The minimum atomic E-state index is -0.0805. The SMILES string of the molecule is CN(CC(=O)N1CCNCC1)Cc1cc(=O)n2ccsc2n1. The van der Waals surface area contributed by atoms with E-state index in [0.29, 0.717) is 23.7 Å². The molecule has 0 saturated carbocycles. The van der Waals surface area contributed by atoms with Gasteiger partial charge in [0.2, 0.25) is 5.91 Å². The summed E-state index contributed by atoms with van der Waals surface area (Å²) in [6.45, 7) is 4.04. The summed E-state index contributed by atoms with van der Waals surface area (Å²) in [5.74, 6) is 0.123. The molecule has 0 unspecified atom stereocenters. The molecule has 0 aliphatic carbocycles. The summed E-state index contributed by atoms with van der Waals surface area (Å²) < 4.78 is 1.53. The van der Waals surface area contributed by atoms with Crippen molar-refractivity contribution in [3.63, 3.8) is 0 Å². The van der Waals surface area contributed by atoms with Gasteiger partial charge >= 0.3 is 0 Å². The van der Waals surface area contributed by atoms with Gasteiger partial charge in [-0.3, -0.25) is 18.9 Å². The van der Waals surface area contributed by atoms with Gasteiger partial charge in [0.25, 0.3) is 5.56 Å². The highest BCUT2D eigenvalue weighted by atomic mass is 32.1. The Labute approximate surface area is 132 Å². The van der Waals surface area contributed by atoms with Gasteiger partial charge in [-0.1, -0.05) is 0 Å².